The Kier molecular flexibility index (Phi) is 9.22. The molecule has 0 nitrogen and oxygen atoms in total. The van der Waals surface area contributed by atoms with E-state index in [9.17, 15) is 0 Å². The van der Waals surface area contributed by atoms with Gasteiger partial charge in [-0.15, -0.1) is 0 Å². The zero-order valence-electron chi connectivity index (χ0n) is 20.1. The van der Waals surface area contributed by atoms with Crippen LogP contribution < -0.4 is 0 Å². The van der Waals surface area contributed by atoms with Crippen LogP contribution in [0.25, 0.3) is 0 Å². The summed E-state index contributed by atoms with van der Waals surface area (Å²) in [6.45, 7) is 22.5. The normalized spacial score (nSPS) is 37.2. The van der Waals surface area contributed by atoms with Crippen molar-refractivity contribution in [3.63, 3.8) is 0 Å². The summed E-state index contributed by atoms with van der Waals surface area (Å²) >= 11 is 0. The van der Waals surface area contributed by atoms with Crippen molar-refractivity contribution in [2.75, 3.05) is 0 Å². The molecule has 5 fully saturated rings. The molecule has 5 aliphatic rings. The van der Waals surface area contributed by atoms with Crippen molar-refractivity contribution in [2.45, 2.75) is 121 Å². The molecule has 4 atom stereocenters. The highest BCUT2D eigenvalue weighted by atomic mass is 14.5. The Labute approximate surface area is 167 Å². The van der Waals surface area contributed by atoms with Gasteiger partial charge in [0.25, 0.3) is 0 Å². The molecule has 4 bridgehead atoms. The Morgan fingerprint density at radius 2 is 0.885 bits per heavy atom. The van der Waals surface area contributed by atoms with Crippen molar-refractivity contribution in [3.05, 3.63) is 0 Å². The van der Waals surface area contributed by atoms with E-state index in [4.69, 9.17) is 0 Å². The highest BCUT2D eigenvalue weighted by molar-refractivity contribution is 4.95. The average molecular weight is 365 g/mol. The maximum atomic E-state index is 2.42. The monoisotopic (exact) mass is 364 g/mol. The van der Waals surface area contributed by atoms with E-state index in [1.54, 1.807) is 19.3 Å². The van der Waals surface area contributed by atoms with E-state index in [0.717, 1.165) is 35.5 Å². The van der Waals surface area contributed by atoms with Crippen LogP contribution in [0.15, 0.2) is 0 Å². The molecule has 0 saturated heterocycles. The second kappa shape index (κ2) is 9.97. The van der Waals surface area contributed by atoms with Gasteiger partial charge in [0.15, 0.2) is 0 Å². The van der Waals surface area contributed by atoms with Crippen LogP contribution in [0.1, 0.15) is 121 Å². The van der Waals surface area contributed by atoms with Gasteiger partial charge in [-0.05, 0) is 84.9 Å². The Balaban J connectivity index is 0.000000219. The molecular formula is C26H52. The highest BCUT2D eigenvalue weighted by Crippen LogP contribution is 2.55. The molecule has 26 heavy (non-hydrogen) atoms. The van der Waals surface area contributed by atoms with Gasteiger partial charge < -0.3 is 0 Å². The summed E-state index contributed by atoms with van der Waals surface area (Å²) in [5.41, 5.74) is 1.16. The summed E-state index contributed by atoms with van der Waals surface area (Å²) in [6.07, 6.45) is 12.3. The smallest absolute Gasteiger partial charge is 0.0334 e. The minimum atomic E-state index is 0.579. The predicted molar refractivity (Wildman–Crippen MR) is 119 cm³/mol. The van der Waals surface area contributed by atoms with E-state index in [1.165, 1.54) is 32.1 Å². The summed E-state index contributed by atoms with van der Waals surface area (Å²) in [4.78, 5) is 0. The largest absolute Gasteiger partial charge is 0.0683 e. The summed E-state index contributed by atoms with van der Waals surface area (Å²) in [5, 5.41) is 0. The molecule has 0 heterocycles. The topological polar surface area (TPSA) is 0 Å². The molecule has 156 valence electrons. The molecular weight excluding hydrogens is 312 g/mol. The lowest BCUT2D eigenvalue weighted by Gasteiger charge is -2.51. The van der Waals surface area contributed by atoms with Crippen molar-refractivity contribution in [1.29, 1.82) is 0 Å². The molecule has 0 N–H and O–H groups in total. The quantitative estimate of drug-likeness (QED) is 0.402. The minimum absolute atomic E-state index is 0.579. The first-order chi connectivity index (χ1) is 12.1. The van der Waals surface area contributed by atoms with E-state index in [2.05, 4.69) is 41.5 Å². The second-order valence-corrected chi connectivity index (χ2v) is 11.3. The maximum absolute atomic E-state index is 2.42. The fourth-order valence-electron chi connectivity index (χ4n) is 6.45. The number of fused-ring (bicyclic) bond motifs is 4. The van der Waals surface area contributed by atoms with E-state index < -0.39 is 0 Å². The molecule has 0 aromatic carbocycles. The Morgan fingerprint density at radius 1 is 0.462 bits per heavy atom. The van der Waals surface area contributed by atoms with Gasteiger partial charge in [0.05, 0.1) is 0 Å². The zero-order chi connectivity index (χ0) is 20.1. The lowest BCUT2D eigenvalue weighted by atomic mass is 9.54. The fourth-order valence-corrected chi connectivity index (χ4v) is 6.45. The van der Waals surface area contributed by atoms with Gasteiger partial charge in [-0.1, -0.05) is 82.1 Å². The first-order valence-electron chi connectivity index (χ1n) is 12.1. The highest BCUT2D eigenvalue weighted by Gasteiger charge is 2.45. The van der Waals surface area contributed by atoms with Crippen molar-refractivity contribution in [3.8, 4) is 0 Å². The van der Waals surface area contributed by atoms with Crippen LogP contribution in [0.4, 0.5) is 0 Å². The van der Waals surface area contributed by atoms with Gasteiger partial charge in [-0.3, -0.25) is 0 Å². The molecule has 5 saturated carbocycles. The van der Waals surface area contributed by atoms with Crippen molar-refractivity contribution in [1.82, 2.24) is 0 Å². The number of hydrogen-bond donors (Lipinski definition) is 0. The molecule has 0 aromatic heterocycles. The van der Waals surface area contributed by atoms with Crippen LogP contribution in [-0.2, 0) is 0 Å². The van der Waals surface area contributed by atoms with Gasteiger partial charge in [-0.25, -0.2) is 0 Å². The summed E-state index contributed by atoms with van der Waals surface area (Å²) in [5.74, 6) is 6.53. The molecule has 0 radical (unpaired) electrons. The number of hydrogen-bond acceptors (Lipinski definition) is 0. The Hall–Kier alpha value is 0. The second-order valence-electron chi connectivity index (χ2n) is 11.3. The van der Waals surface area contributed by atoms with Gasteiger partial charge >= 0.3 is 0 Å². The Bertz CT molecular complexity index is 359. The van der Waals surface area contributed by atoms with Crippen LogP contribution in [0.2, 0.25) is 0 Å². The molecule has 4 unspecified atom stereocenters. The predicted octanol–water partition coefficient (Wildman–Crippen LogP) is 8.99. The lowest BCUT2D eigenvalue weighted by Crippen LogP contribution is -2.41. The van der Waals surface area contributed by atoms with Crippen LogP contribution in [0.5, 0.6) is 0 Å². The van der Waals surface area contributed by atoms with Crippen LogP contribution in [0.3, 0.4) is 0 Å². The third kappa shape index (κ3) is 6.00. The zero-order valence-corrected chi connectivity index (χ0v) is 20.1. The SMILES string of the molecule is CC.CC.CC(C)(C)C1CC2CCC1C2.CC(C)(C)C1CCC2CC1C2. The van der Waals surface area contributed by atoms with Crippen molar-refractivity contribution >= 4 is 0 Å². The summed E-state index contributed by atoms with van der Waals surface area (Å²) < 4.78 is 0. The van der Waals surface area contributed by atoms with E-state index in [0.29, 0.717) is 10.8 Å². The third-order valence-corrected chi connectivity index (χ3v) is 7.69. The van der Waals surface area contributed by atoms with E-state index in [1.807, 2.05) is 27.7 Å². The minimum Gasteiger partial charge on any atom is -0.0683 e. The third-order valence-electron chi connectivity index (χ3n) is 7.69. The molecule has 0 amide bonds. The van der Waals surface area contributed by atoms with Gasteiger partial charge in [0, 0.05) is 0 Å². The average Bonchev–Trinajstić information content (AvgIpc) is 3.21. The maximum Gasteiger partial charge on any atom is -0.0334 e. The molecule has 0 aliphatic heterocycles. The summed E-state index contributed by atoms with van der Waals surface area (Å²) in [6, 6.07) is 0. The first-order valence-corrected chi connectivity index (χ1v) is 12.1. The standard InChI is InChI=1S/2C11H20.2C2H6/c1-11(2,3)10-5-4-8-6-9(10)7-8;1-11(2,3)10-7-8-4-5-9(10)6-8;2*1-2/h2*8-10H,4-7H2,1-3H3;2*1-2H3. The van der Waals surface area contributed by atoms with Crippen molar-refractivity contribution < 1.29 is 0 Å². The van der Waals surface area contributed by atoms with E-state index >= 15 is 0 Å². The van der Waals surface area contributed by atoms with Crippen LogP contribution in [0, 0.1) is 46.3 Å². The van der Waals surface area contributed by atoms with Crippen LogP contribution >= 0.6 is 0 Å². The van der Waals surface area contributed by atoms with Crippen LogP contribution in [-0.4, -0.2) is 0 Å². The Morgan fingerprint density at radius 3 is 1.12 bits per heavy atom. The molecule has 0 spiro atoms. The molecule has 5 rings (SSSR count). The van der Waals surface area contributed by atoms with Gasteiger partial charge in [-0.2, -0.15) is 0 Å². The number of rotatable bonds is 0. The molecule has 0 heteroatoms. The first kappa shape index (κ1) is 24.0. The van der Waals surface area contributed by atoms with E-state index in [-0.39, 0.29) is 0 Å². The van der Waals surface area contributed by atoms with Gasteiger partial charge in [0.2, 0.25) is 0 Å². The van der Waals surface area contributed by atoms with Crippen molar-refractivity contribution in [2.24, 2.45) is 46.3 Å². The lowest BCUT2D eigenvalue weighted by molar-refractivity contribution is -0.00988. The van der Waals surface area contributed by atoms with Gasteiger partial charge in [0.1, 0.15) is 0 Å². The molecule has 5 aliphatic carbocycles. The summed E-state index contributed by atoms with van der Waals surface area (Å²) in [7, 11) is 0. The molecule has 0 aromatic rings. The fraction of sp³-hybridized carbons (Fsp3) is 1.00.